The fourth-order valence-electron chi connectivity index (χ4n) is 2.45. The first-order valence-corrected chi connectivity index (χ1v) is 6.81. The van der Waals surface area contributed by atoms with Crippen molar-refractivity contribution in [3.05, 3.63) is 23.8 Å². The Morgan fingerprint density at radius 3 is 2.79 bits per heavy atom. The van der Waals surface area contributed by atoms with Crippen molar-refractivity contribution in [3.8, 4) is 0 Å². The van der Waals surface area contributed by atoms with Crippen LogP contribution in [-0.4, -0.2) is 25.0 Å². The molecular weight excluding hydrogens is 238 g/mol. The summed E-state index contributed by atoms with van der Waals surface area (Å²) >= 11 is 0. The highest BCUT2D eigenvalue weighted by Gasteiger charge is 2.24. The zero-order valence-electron chi connectivity index (χ0n) is 12.0. The number of carbonyl (C=O) groups excluding carboxylic acids is 1. The molecule has 0 saturated heterocycles. The van der Waals surface area contributed by atoms with Gasteiger partial charge in [-0.3, -0.25) is 4.79 Å². The molecular formula is C15H23N3O. The van der Waals surface area contributed by atoms with Crippen molar-refractivity contribution in [1.82, 2.24) is 0 Å². The van der Waals surface area contributed by atoms with Gasteiger partial charge in [0.15, 0.2) is 0 Å². The number of nitrogens with one attached hydrogen (secondary N) is 1. The molecule has 4 nitrogen and oxygen atoms in total. The largest absolute Gasteiger partial charge is 0.369 e. The van der Waals surface area contributed by atoms with E-state index in [1.165, 1.54) is 11.3 Å². The van der Waals surface area contributed by atoms with Crippen molar-refractivity contribution in [1.29, 1.82) is 0 Å². The molecule has 0 spiro atoms. The second-order valence-electron chi connectivity index (χ2n) is 5.80. The molecule has 0 radical (unpaired) electrons. The average molecular weight is 261 g/mol. The number of carbonyl (C=O) groups is 1. The van der Waals surface area contributed by atoms with Gasteiger partial charge in [-0.1, -0.05) is 0 Å². The van der Waals surface area contributed by atoms with E-state index in [1.807, 2.05) is 6.07 Å². The number of hydrogen-bond acceptors (Lipinski definition) is 3. The number of amides is 1. The van der Waals surface area contributed by atoms with Gasteiger partial charge in [0.05, 0.1) is 0 Å². The molecule has 1 aliphatic heterocycles. The summed E-state index contributed by atoms with van der Waals surface area (Å²) in [5, 5.41) is 2.91. The number of hydrogen-bond donors (Lipinski definition) is 2. The van der Waals surface area contributed by atoms with Crippen molar-refractivity contribution in [2.75, 3.05) is 23.8 Å². The molecule has 0 aliphatic carbocycles. The number of aryl methyl sites for hydroxylation is 1. The SMILES string of the molecule is CN(c1ccc2c(c1)CCC(=O)N2)C(C)(C)CCN. The number of nitrogens with zero attached hydrogens (tertiary/aromatic N) is 1. The quantitative estimate of drug-likeness (QED) is 0.873. The molecule has 0 unspecified atom stereocenters. The Kier molecular flexibility index (Phi) is 3.80. The highest BCUT2D eigenvalue weighted by molar-refractivity contribution is 5.94. The van der Waals surface area contributed by atoms with Gasteiger partial charge in [-0.2, -0.15) is 0 Å². The predicted molar refractivity (Wildman–Crippen MR) is 79.5 cm³/mol. The fraction of sp³-hybridized carbons (Fsp3) is 0.533. The standard InChI is InChI=1S/C15H23N3O/c1-15(2,8-9-16)18(3)12-5-6-13-11(10-12)4-7-14(19)17-13/h5-6,10H,4,7-9,16H2,1-3H3,(H,17,19). The summed E-state index contributed by atoms with van der Waals surface area (Å²) in [6.07, 6.45) is 2.34. The lowest BCUT2D eigenvalue weighted by atomic mass is 9.96. The van der Waals surface area contributed by atoms with Gasteiger partial charge in [-0.05, 0) is 57.0 Å². The fourth-order valence-corrected chi connectivity index (χ4v) is 2.45. The molecule has 1 aromatic rings. The summed E-state index contributed by atoms with van der Waals surface area (Å²) in [5.74, 6) is 0.108. The third-order valence-electron chi connectivity index (χ3n) is 4.04. The highest BCUT2D eigenvalue weighted by Crippen LogP contribution is 2.30. The number of anilines is 2. The molecule has 4 heteroatoms. The predicted octanol–water partition coefficient (Wildman–Crippen LogP) is 2.13. The van der Waals surface area contributed by atoms with Crippen LogP contribution >= 0.6 is 0 Å². The molecule has 0 saturated carbocycles. The Labute approximate surface area is 115 Å². The van der Waals surface area contributed by atoms with Crippen LogP contribution < -0.4 is 16.0 Å². The van der Waals surface area contributed by atoms with Crippen molar-refractivity contribution in [2.45, 2.75) is 38.6 Å². The van der Waals surface area contributed by atoms with Crippen LogP contribution in [0.4, 0.5) is 11.4 Å². The Bertz CT molecular complexity index is 482. The summed E-state index contributed by atoms with van der Waals surface area (Å²) in [4.78, 5) is 13.6. The lowest BCUT2D eigenvalue weighted by molar-refractivity contribution is -0.116. The van der Waals surface area contributed by atoms with E-state index in [-0.39, 0.29) is 11.4 Å². The third kappa shape index (κ3) is 2.89. The molecule has 1 amide bonds. The monoisotopic (exact) mass is 261 g/mol. The van der Waals surface area contributed by atoms with Crippen LogP contribution in [0.15, 0.2) is 18.2 Å². The van der Waals surface area contributed by atoms with Crippen molar-refractivity contribution in [2.24, 2.45) is 5.73 Å². The second kappa shape index (κ2) is 5.21. The van der Waals surface area contributed by atoms with Gasteiger partial charge in [0.25, 0.3) is 0 Å². The summed E-state index contributed by atoms with van der Waals surface area (Å²) < 4.78 is 0. The summed E-state index contributed by atoms with van der Waals surface area (Å²) in [6, 6.07) is 6.23. The normalized spacial score (nSPS) is 14.8. The van der Waals surface area contributed by atoms with E-state index in [9.17, 15) is 4.79 Å². The maximum absolute atomic E-state index is 11.4. The molecule has 2 rings (SSSR count). The Hall–Kier alpha value is -1.55. The molecule has 19 heavy (non-hydrogen) atoms. The summed E-state index contributed by atoms with van der Waals surface area (Å²) in [6.45, 7) is 5.07. The lowest BCUT2D eigenvalue weighted by Gasteiger charge is -2.38. The molecule has 1 aliphatic rings. The molecule has 1 heterocycles. The molecule has 1 aromatic carbocycles. The van der Waals surface area contributed by atoms with Crippen LogP contribution in [0.3, 0.4) is 0 Å². The molecule has 0 bridgehead atoms. The molecule has 104 valence electrons. The zero-order chi connectivity index (χ0) is 14.0. The minimum absolute atomic E-state index is 0.0287. The van der Waals surface area contributed by atoms with Crippen molar-refractivity contribution in [3.63, 3.8) is 0 Å². The molecule has 0 atom stereocenters. The maximum Gasteiger partial charge on any atom is 0.224 e. The summed E-state index contributed by atoms with van der Waals surface area (Å²) in [5.41, 5.74) is 9.05. The van der Waals surface area contributed by atoms with Gasteiger partial charge in [-0.25, -0.2) is 0 Å². The van der Waals surface area contributed by atoms with E-state index in [1.54, 1.807) is 0 Å². The van der Waals surface area contributed by atoms with Gasteiger partial charge in [0.1, 0.15) is 0 Å². The van der Waals surface area contributed by atoms with E-state index >= 15 is 0 Å². The van der Waals surface area contributed by atoms with Crippen LogP contribution in [0.25, 0.3) is 0 Å². The second-order valence-corrected chi connectivity index (χ2v) is 5.80. The first-order valence-electron chi connectivity index (χ1n) is 6.81. The Morgan fingerprint density at radius 1 is 1.37 bits per heavy atom. The van der Waals surface area contributed by atoms with E-state index < -0.39 is 0 Å². The van der Waals surface area contributed by atoms with Gasteiger partial charge >= 0.3 is 0 Å². The van der Waals surface area contributed by atoms with E-state index in [0.717, 1.165) is 18.5 Å². The minimum Gasteiger partial charge on any atom is -0.369 e. The van der Waals surface area contributed by atoms with E-state index in [2.05, 4.69) is 43.2 Å². The minimum atomic E-state index is 0.0287. The number of benzene rings is 1. The Morgan fingerprint density at radius 2 is 2.11 bits per heavy atom. The first-order chi connectivity index (χ1) is 8.94. The third-order valence-corrected chi connectivity index (χ3v) is 4.04. The van der Waals surface area contributed by atoms with Crippen LogP contribution in [0, 0.1) is 0 Å². The number of nitrogens with two attached hydrogens (primary N) is 1. The van der Waals surface area contributed by atoms with E-state index in [4.69, 9.17) is 5.73 Å². The van der Waals surface area contributed by atoms with Crippen LogP contribution in [-0.2, 0) is 11.2 Å². The van der Waals surface area contributed by atoms with Crippen molar-refractivity contribution < 1.29 is 4.79 Å². The number of fused-ring (bicyclic) bond motifs is 1. The topological polar surface area (TPSA) is 58.4 Å². The lowest BCUT2D eigenvalue weighted by Crippen LogP contribution is -2.42. The smallest absolute Gasteiger partial charge is 0.224 e. The van der Waals surface area contributed by atoms with Crippen molar-refractivity contribution >= 4 is 17.3 Å². The van der Waals surface area contributed by atoms with Gasteiger partial charge in [-0.15, -0.1) is 0 Å². The molecule has 3 N–H and O–H groups in total. The van der Waals surface area contributed by atoms with Gasteiger partial charge < -0.3 is 16.0 Å². The van der Waals surface area contributed by atoms with E-state index in [0.29, 0.717) is 13.0 Å². The van der Waals surface area contributed by atoms with Crippen LogP contribution in [0.5, 0.6) is 0 Å². The van der Waals surface area contributed by atoms with Gasteiger partial charge in [0, 0.05) is 30.4 Å². The average Bonchev–Trinajstić information content (AvgIpc) is 2.37. The zero-order valence-corrected chi connectivity index (χ0v) is 12.0. The number of rotatable bonds is 4. The molecule has 0 aromatic heterocycles. The Balaban J connectivity index is 2.25. The molecule has 0 fully saturated rings. The highest BCUT2D eigenvalue weighted by atomic mass is 16.1. The van der Waals surface area contributed by atoms with Gasteiger partial charge in [0.2, 0.25) is 5.91 Å². The maximum atomic E-state index is 11.4. The first kappa shape index (κ1) is 13.9. The van der Waals surface area contributed by atoms with Crippen LogP contribution in [0.2, 0.25) is 0 Å². The van der Waals surface area contributed by atoms with Crippen LogP contribution in [0.1, 0.15) is 32.3 Å². The summed E-state index contributed by atoms with van der Waals surface area (Å²) in [7, 11) is 2.10.